The summed E-state index contributed by atoms with van der Waals surface area (Å²) in [5.41, 5.74) is 0.795. The van der Waals surface area contributed by atoms with Gasteiger partial charge in [-0.1, -0.05) is 6.07 Å². The molecule has 0 bridgehead atoms. The van der Waals surface area contributed by atoms with Crippen LogP contribution in [0.3, 0.4) is 0 Å². The molecule has 2 N–H and O–H groups in total. The average molecular weight is 475 g/mol. The van der Waals surface area contributed by atoms with E-state index in [-0.39, 0.29) is 23.8 Å². The van der Waals surface area contributed by atoms with Gasteiger partial charge in [-0.15, -0.1) is 0 Å². The van der Waals surface area contributed by atoms with Crippen LogP contribution in [-0.4, -0.2) is 34.9 Å². The van der Waals surface area contributed by atoms with Crippen molar-refractivity contribution in [2.75, 3.05) is 18.4 Å². The van der Waals surface area contributed by atoms with E-state index in [4.69, 9.17) is 0 Å². The van der Waals surface area contributed by atoms with E-state index in [1.165, 1.54) is 18.2 Å². The maximum atomic E-state index is 14.0. The molecule has 1 aliphatic rings. The van der Waals surface area contributed by atoms with Gasteiger partial charge in [0.2, 0.25) is 5.91 Å². The van der Waals surface area contributed by atoms with E-state index in [0.717, 1.165) is 17.7 Å². The molecule has 0 saturated carbocycles. The number of carbonyl (C=O) groups excluding carboxylic acids is 1. The fourth-order valence-corrected chi connectivity index (χ4v) is 4.33. The van der Waals surface area contributed by atoms with Crippen LogP contribution in [0.5, 0.6) is 0 Å². The number of carbonyl (C=O) groups is 1. The Bertz CT molecular complexity index is 1240. The highest BCUT2D eigenvalue weighted by Crippen LogP contribution is 2.30. The van der Waals surface area contributed by atoms with Crippen molar-refractivity contribution in [2.24, 2.45) is 0 Å². The maximum Gasteiger partial charge on any atom is 0.416 e. The highest BCUT2D eigenvalue weighted by Gasteiger charge is 2.30. The normalized spacial score (nSPS) is 15.0. The Labute approximate surface area is 193 Å². The van der Waals surface area contributed by atoms with Gasteiger partial charge in [-0.2, -0.15) is 13.2 Å². The van der Waals surface area contributed by atoms with Gasteiger partial charge in [-0.25, -0.2) is 4.39 Å². The Kier molecular flexibility index (Phi) is 6.63. The molecule has 3 aromatic rings. The van der Waals surface area contributed by atoms with Crippen LogP contribution in [0, 0.1) is 12.7 Å². The number of aromatic nitrogens is 1. The number of hydrogen-bond donors (Lipinski definition) is 2. The van der Waals surface area contributed by atoms with Gasteiger partial charge in [0.05, 0.1) is 10.9 Å². The molecule has 0 unspecified atom stereocenters. The summed E-state index contributed by atoms with van der Waals surface area (Å²) in [5, 5.41) is 3.80. The van der Waals surface area contributed by atoms with Crippen LogP contribution in [0.2, 0.25) is 0 Å². The minimum atomic E-state index is -4.36. The lowest BCUT2D eigenvalue weighted by Gasteiger charge is -2.33. The van der Waals surface area contributed by atoms with Gasteiger partial charge < -0.3 is 15.2 Å². The number of alkyl halides is 3. The minimum absolute atomic E-state index is 0.0256. The number of nitrogens with zero attached hydrogens (tertiary/aromatic N) is 1. The zero-order chi connectivity index (χ0) is 24.5. The van der Waals surface area contributed by atoms with E-state index in [1.54, 1.807) is 24.0 Å². The number of rotatable bonds is 5. The summed E-state index contributed by atoms with van der Waals surface area (Å²) < 4.78 is 52.1. The summed E-state index contributed by atoms with van der Waals surface area (Å²) in [7, 11) is 0. The van der Waals surface area contributed by atoms with Crippen LogP contribution < -0.4 is 10.9 Å². The van der Waals surface area contributed by atoms with Crippen molar-refractivity contribution in [3.05, 3.63) is 75.5 Å². The molecule has 2 aromatic carbocycles. The predicted octanol–water partition coefficient (Wildman–Crippen LogP) is 5.03. The molecule has 180 valence electrons. The lowest BCUT2D eigenvalue weighted by Crippen LogP contribution is -2.42. The summed E-state index contributed by atoms with van der Waals surface area (Å²) >= 11 is 0. The summed E-state index contributed by atoms with van der Waals surface area (Å²) in [4.78, 5) is 29.4. The SMILES string of the molecule is Cc1ccc(F)c2c(=O)[nH]c(CCC(=O)N3CCC(Nc4ccc(C(F)(F)F)cc4)CC3)cc12. The molecule has 0 radical (unpaired) electrons. The standard InChI is InChI=1S/C25H25F4N3O2/c1-15-2-8-21(26)23-20(15)14-19(31-24(23)34)7-9-22(33)32-12-10-18(11-13-32)30-17-5-3-16(4-6-17)25(27,28)29/h2-6,8,14,18,30H,7,9-13H2,1H3,(H,31,34). The first-order chi connectivity index (χ1) is 16.1. The number of fused-ring (bicyclic) bond motifs is 1. The van der Waals surface area contributed by atoms with E-state index < -0.39 is 23.1 Å². The van der Waals surface area contributed by atoms with Crippen LogP contribution in [0.4, 0.5) is 23.2 Å². The molecule has 9 heteroatoms. The first kappa shape index (κ1) is 23.8. The number of aryl methyl sites for hydroxylation is 2. The van der Waals surface area contributed by atoms with Crippen LogP contribution in [-0.2, 0) is 17.4 Å². The summed E-state index contributed by atoms with van der Waals surface area (Å²) in [6, 6.07) is 9.61. The van der Waals surface area contributed by atoms with E-state index in [0.29, 0.717) is 49.1 Å². The van der Waals surface area contributed by atoms with Crippen molar-refractivity contribution >= 4 is 22.4 Å². The molecule has 4 rings (SSSR count). The van der Waals surface area contributed by atoms with Crippen molar-refractivity contribution in [3.63, 3.8) is 0 Å². The largest absolute Gasteiger partial charge is 0.416 e. The molecular weight excluding hydrogens is 450 g/mol. The fourth-order valence-electron chi connectivity index (χ4n) is 4.33. The molecule has 0 atom stereocenters. The van der Waals surface area contributed by atoms with Gasteiger partial charge in [0.25, 0.3) is 5.56 Å². The van der Waals surface area contributed by atoms with Crippen molar-refractivity contribution in [1.82, 2.24) is 9.88 Å². The smallest absolute Gasteiger partial charge is 0.382 e. The third kappa shape index (κ3) is 5.24. The Hall–Kier alpha value is -3.36. The first-order valence-electron chi connectivity index (χ1n) is 11.1. The van der Waals surface area contributed by atoms with Crippen molar-refractivity contribution < 1.29 is 22.4 Å². The Morgan fingerprint density at radius 2 is 1.79 bits per heavy atom. The minimum Gasteiger partial charge on any atom is -0.382 e. The number of hydrogen-bond acceptors (Lipinski definition) is 3. The van der Waals surface area contributed by atoms with Gasteiger partial charge in [0, 0.05) is 36.9 Å². The molecule has 34 heavy (non-hydrogen) atoms. The Balaban J connectivity index is 1.30. The second-order valence-corrected chi connectivity index (χ2v) is 8.65. The number of H-pyrrole nitrogens is 1. The van der Waals surface area contributed by atoms with Crippen LogP contribution >= 0.6 is 0 Å². The number of anilines is 1. The first-order valence-corrected chi connectivity index (χ1v) is 11.1. The van der Waals surface area contributed by atoms with E-state index >= 15 is 0 Å². The highest BCUT2D eigenvalue weighted by atomic mass is 19.4. The van der Waals surface area contributed by atoms with Crippen LogP contribution in [0.1, 0.15) is 36.1 Å². The monoisotopic (exact) mass is 475 g/mol. The van der Waals surface area contributed by atoms with E-state index in [9.17, 15) is 27.2 Å². The van der Waals surface area contributed by atoms with Crippen molar-refractivity contribution in [3.8, 4) is 0 Å². The van der Waals surface area contributed by atoms with Crippen molar-refractivity contribution in [2.45, 2.75) is 44.8 Å². The van der Waals surface area contributed by atoms with Crippen LogP contribution in [0.15, 0.2) is 47.3 Å². The zero-order valence-electron chi connectivity index (χ0n) is 18.6. The lowest BCUT2D eigenvalue weighted by atomic mass is 10.0. The molecule has 2 heterocycles. The maximum absolute atomic E-state index is 14.0. The Morgan fingerprint density at radius 3 is 2.44 bits per heavy atom. The molecule has 0 spiro atoms. The number of piperidine rings is 1. The number of likely N-dealkylation sites (tertiary alicyclic amines) is 1. The quantitative estimate of drug-likeness (QED) is 0.509. The second kappa shape index (κ2) is 9.48. The van der Waals surface area contributed by atoms with E-state index in [2.05, 4.69) is 10.3 Å². The molecule has 1 saturated heterocycles. The summed E-state index contributed by atoms with van der Waals surface area (Å²) in [6.45, 7) is 2.88. The van der Waals surface area contributed by atoms with Crippen molar-refractivity contribution in [1.29, 1.82) is 0 Å². The molecule has 1 fully saturated rings. The van der Waals surface area contributed by atoms with Gasteiger partial charge in [0.15, 0.2) is 0 Å². The van der Waals surface area contributed by atoms with Gasteiger partial charge in [-0.3, -0.25) is 9.59 Å². The molecule has 1 aromatic heterocycles. The zero-order valence-corrected chi connectivity index (χ0v) is 18.6. The third-order valence-electron chi connectivity index (χ3n) is 6.27. The highest BCUT2D eigenvalue weighted by molar-refractivity contribution is 5.85. The van der Waals surface area contributed by atoms with Gasteiger partial charge in [0.1, 0.15) is 5.82 Å². The predicted molar refractivity (Wildman–Crippen MR) is 122 cm³/mol. The Morgan fingerprint density at radius 1 is 1.12 bits per heavy atom. The molecule has 1 amide bonds. The molecule has 1 aliphatic heterocycles. The number of benzene rings is 2. The number of aromatic amines is 1. The second-order valence-electron chi connectivity index (χ2n) is 8.65. The number of pyridine rings is 1. The topological polar surface area (TPSA) is 65.2 Å². The number of amides is 1. The van der Waals surface area contributed by atoms with Gasteiger partial charge >= 0.3 is 6.18 Å². The lowest BCUT2D eigenvalue weighted by molar-refractivity contribution is -0.137. The molecule has 5 nitrogen and oxygen atoms in total. The fraction of sp³-hybridized carbons (Fsp3) is 0.360. The van der Waals surface area contributed by atoms with E-state index in [1.807, 2.05) is 0 Å². The number of halogens is 4. The average Bonchev–Trinajstić information content (AvgIpc) is 2.80. The third-order valence-corrected chi connectivity index (χ3v) is 6.27. The van der Waals surface area contributed by atoms with Crippen LogP contribution in [0.25, 0.3) is 10.8 Å². The molecular formula is C25H25F4N3O2. The summed E-state index contributed by atoms with van der Waals surface area (Å²) in [5.74, 6) is -0.609. The molecule has 0 aliphatic carbocycles. The summed E-state index contributed by atoms with van der Waals surface area (Å²) in [6.07, 6.45) is -2.45. The van der Waals surface area contributed by atoms with Gasteiger partial charge in [-0.05, 0) is 73.5 Å². The number of nitrogens with one attached hydrogen (secondary N) is 2.